The quantitative estimate of drug-likeness (QED) is 0.733. The number of allylic oxidation sites excluding steroid dienone is 3. The van der Waals surface area contributed by atoms with Crippen LogP contribution in [0.3, 0.4) is 0 Å². The van der Waals surface area contributed by atoms with Crippen LogP contribution in [0.4, 0.5) is 5.69 Å². The fourth-order valence-electron chi connectivity index (χ4n) is 1.04. The fourth-order valence-corrected chi connectivity index (χ4v) is 1.04. The standard InChI is InChI=1S/C13H16N2/c1-3-12(14)10-9-11(2)15-13-7-5-4-6-8-13/h3-10,15H,2,14H2,1H3/b10-9-,12-3+. The highest BCUT2D eigenvalue weighted by atomic mass is 14.9. The average Bonchev–Trinajstić information content (AvgIpc) is 2.27. The second-order valence-electron chi connectivity index (χ2n) is 3.14. The maximum Gasteiger partial charge on any atom is 0.0384 e. The normalized spacial score (nSPS) is 11.7. The molecule has 0 atom stereocenters. The maximum absolute atomic E-state index is 5.62. The van der Waals surface area contributed by atoms with E-state index in [0.717, 1.165) is 17.1 Å². The zero-order chi connectivity index (χ0) is 11.1. The monoisotopic (exact) mass is 200 g/mol. The average molecular weight is 200 g/mol. The van der Waals surface area contributed by atoms with Gasteiger partial charge in [0.15, 0.2) is 0 Å². The molecule has 0 aliphatic rings. The van der Waals surface area contributed by atoms with Gasteiger partial charge < -0.3 is 11.1 Å². The Morgan fingerprint density at radius 1 is 1.27 bits per heavy atom. The van der Waals surface area contributed by atoms with E-state index in [1.807, 2.05) is 55.5 Å². The van der Waals surface area contributed by atoms with Crippen LogP contribution in [0.1, 0.15) is 6.92 Å². The number of benzene rings is 1. The number of hydrogen-bond donors (Lipinski definition) is 2. The zero-order valence-corrected chi connectivity index (χ0v) is 8.90. The van der Waals surface area contributed by atoms with Crippen molar-refractivity contribution in [3.8, 4) is 0 Å². The summed E-state index contributed by atoms with van der Waals surface area (Å²) in [5.74, 6) is 0. The predicted octanol–water partition coefficient (Wildman–Crippen LogP) is 3.03. The van der Waals surface area contributed by atoms with Gasteiger partial charge in [0.1, 0.15) is 0 Å². The molecule has 0 saturated carbocycles. The van der Waals surface area contributed by atoms with Gasteiger partial charge in [0.05, 0.1) is 0 Å². The van der Waals surface area contributed by atoms with Crippen molar-refractivity contribution in [2.75, 3.05) is 5.32 Å². The summed E-state index contributed by atoms with van der Waals surface area (Å²) >= 11 is 0. The number of para-hydroxylation sites is 1. The molecular formula is C13H16N2. The van der Waals surface area contributed by atoms with E-state index in [2.05, 4.69) is 11.9 Å². The smallest absolute Gasteiger partial charge is 0.0384 e. The van der Waals surface area contributed by atoms with Gasteiger partial charge in [-0.05, 0) is 31.2 Å². The minimum absolute atomic E-state index is 0.728. The van der Waals surface area contributed by atoms with Gasteiger partial charge >= 0.3 is 0 Å². The van der Waals surface area contributed by atoms with Crippen molar-refractivity contribution >= 4 is 5.69 Å². The van der Waals surface area contributed by atoms with E-state index in [0.29, 0.717) is 0 Å². The molecule has 2 nitrogen and oxygen atoms in total. The van der Waals surface area contributed by atoms with Gasteiger partial charge in [-0.2, -0.15) is 0 Å². The molecule has 15 heavy (non-hydrogen) atoms. The SMILES string of the molecule is C=C(/C=C\C(N)=C/C)Nc1ccccc1. The highest BCUT2D eigenvalue weighted by Gasteiger charge is 1.89. The molecule has 0 spiro atoms. The van der Waals surface area contributed by atoms with Gasteiger partial charge in [-0.3, -0.25) is 0 Å². The predicted molar refractivity (Wildman–Crippen MR) is 66.3 cm³/mol. The van der Waals surface area contributed by atoms with Crippen LogP contribution in [-0.4, -0.2) is 0 Å². The minimum Gasteiger partial charge on any atom is -0.399 e. The van der Waals surface area contributed by atoms with Crippen molar-refractivity contribution < 1.29 is 0 Å². The summed E-state index contributed by atoms with van der Waals surface area (Å²) in [6.07, 6.45) is 5.51. The molecule has 0 aliphatic heterocycles. The highest BCUT2D eigenvalue weighted by molar-refractivity contribution is 5.50. The van der Waals surface area contributed by atoms with Crippen molar-refractivity contribution in [1.82, 2.24) is 0 Å². The van der Waals surface area contributed by atoms with Crippen LogP contribution in [0, 0.1) is 0 Å². The molecule has 0 unspecified atom stereocenters. The van der Waals surface area contributed by atoms with Crippen molar-refractivity contribution in [3.05, 3.63) is 66.5 Å². The van der Waals surface area contributed by atoms with Crippen molar-refractivity contribution in [2.45, 2.75) is 6.92 Å². The zero-order valence-electron chi connectivity index (χ0n) is 8.90. The number of anilines is 1. The molecule has 3 N–H and O–H groups in total. The molecule has 0 fully saturated rings. The molecule has 0 aliphatic carbocycles. The molecule has 1 aromatic carbocycles. The Balaban J connectivity index is 2.54. The Hall–Kier alpha value is -1.96. The van der Waals surface area contributed by atoms with Crippen molar-refractivity contribution in [2.24, 2.45) is 5.73 Å². The summed E-state index contributed by atoms with van der Waals surface area (Å²) in [4.78, 5) is 0. The third kappa shape index (κ3) is 4.18. The first-order chi connectivity index (χ1) is 7.22. The molecule has 1 rings (SSSR count). The van der Waals surface area contributed by atoms with Crippen molar-refractivity contribution in [3.63, 3.8) is 0 Å². The van der Waals surface area contributed by atoms with E-state index < -0.39 is 0 Å². The first-order valence-electron chi connectivity index (χ1n) is 4.83. The second kappa shape index (κ2) is 5.70. The van der Waals surface area contributed by atoms with Crippen LogP contribution in [0.5, 0.6) is 0 Å². The lowest BCUT2D eigenvalue weighted by Gasteiger charge is -2.04. The summed E-state index contributed by atoms with van der Waals surface area (Å²) in [6, 6.07) is 9.89. The van der Waals surface area contributed by atoms with E-state index in [-0.39, 0.29) is 0 Å². The molecule has 0 heterocycles. The summed E-state index contributed by atoms with van der Waals surface area (Å²) < 4.78 is 0. The van der Waals surface area contributed by atoms with Gasteiger partial charge in [-0.25, -0.2) is 0 Å². The topological polar surface area (TPSA) is 38.0 Å². The molecule has 0 saturated heterocycles. The minimum atomic E-state index is 0.728. The maximum atomic E-state index is 5.62. The van der Waals surface area contributed by atoms with E-state index in [1.54, 1.807) is 0 Å². The number of hydrogen-bond acceptors (Lipinski definition) is 2. The Morgan fingerprint density at radius 2 is 1.93 bits per heavy atom. The van der Waals surface area contributed by atoms with E-state index in [1.165, 1.54) is 0 Å². The number of nitrogens with one attached hydrogen (secondary N) is 1. The molecule has 0 radical (unpaired) electrons. The molecule has 0 bridgehead atoms. The van der Waals surface area contributed by atoms with Crippen LogP contribution in [0.2, 0.25) is 0 Å². The largest absolute Gasteiger partial charge is 0.399 e. The lowest BCUT2D eigenvalue weighted by atomic mass is 10.3. The fraction of sp³-hybridized carbons (Fsp3) is 0.0769. The lowest BCUT2D eigenvalue weighted by molar-refractivity contribution is 1.38. The third-order valence-electron chi connectivity index (χ3n) is 1.89. The molecule has 78 valence electrons. The summed E-state index contributed by atoms with van der Waals surface area (Å²) in [5, 5.41) is 3.16. The summed E-state index contributed by atoms with van der Waals surface area (Å²) in [5.41, 5.74) is 8.18. The van der Waals surface area contributed by atoms with Gasteiger partial charge in [-0.15, -0.1) is 0 Å². The van der Waals surface area contributed by atoms with E-state index in [4.69, 9.17) is 5.73 Å². The van der Waals surface area contributed by atoms with Crippen LogP contribution >= 0.6 is 0 Å². The van der Waals surface area contributed by atoms with E-state index in [9.17, 15) is 0 Å². The molecule has 0 aromatic heterocycles. The van der Waals surface area contributed by atoms with Crippen LogP contribution < -0.4 is 11.1 Å². The molecule has 2 heteroatoms. The van der Waals surface area contributed by atoms with Crippen molar-refractivity contribution in [1.29, 1.82) is 0 Å². The highest BCUT2D eigenvalue weighted by Crippen LogP contribution is 2.08. The van der Waals surface area contributed by atoms with Crippen LogP contribution in [0.15, 0.2) is 66.5 Å². The Morgan fingerprint density at radius 3 is 2.53 bits per heavy atom. The number of rotatable bonds is 4. The second-order valence-corrected chi connectivity index (χ2v) is 3.14. The Labute approximate surface area is 90.8 Å². The van der Waals surface area contributed by atoms with E-state index >= 15 is 0 Å². The Kier molecular flexibility index (Phi) is 4.23. The van der Waals surface area contributed by atoms with Gasteiger partial charge in [-0.1, -0.05) is 30.9 Å². The van der Waals surface area contributed by atoms with Crippen LogP contribution in [0.25, 0.3) is 0 Å². The summed E-state index contributed by atoms with van der Waals surface area (Å²) in [6.45, 7) is 5.77. The van der Waals surface area contributed by atoms with Gasteiger partial charge in [0, 0.05) is 17.1 Å². The first kappa shape index (κ1) is 11.1. The summed E-state index contributed by atoms with van der Waals surface area (Å²) in [7, 11) is 0. The molecule has 1 aromatic rings. The molecule has 0 amide bonds. The third-order valence-corrected chi connectivity index (χ3v) is 1.89. The first-order valence-corrected chi connectivity index (χ1v) is 4.83. The van der Waals surface area contributed by atoms with Gasteiger partial charge in [0.2, 0.25) is 0 Å². The number of nitrogens with two attached hydrogens (primary N) is 1. The Bertz CT molecular complexity index is 375. The van der Waals surface area contributed by atoms with Crippen LogP contribution in [-0.2, 0) is 0 Å². The molecular weight excluding hydrogens is 184 g/mol. The lowest BCUT2D eigenvalue weighted by Crippen LogP contribution is -1.96. The van der Waals surface area contributed by atoms with Gasteiger partial charge in [0.25, 0.3) is 0 Å².